The molecule has 1 aromatic carbocycles. The van der Waals surface area contributed by atoms with Crippen LogP contribution < -0.4 is 10.6 Å². The van der Waals surface area contributed by atoms with E-state index in [0.29, 0.717) is 19.5 Å². The van der Waals surface area contributed by atoms with Gasteiger partial charge in [0.1, 0.15) is 0 Å². The lowest BCUT2D eigenvalue weighted by atomic mass is 10.2. The number of aliphatic hydroxyl groups is 1. The number of carbonyl (C=O) groups excluding carboxylic acids is 1. The molecule has 0 bridgehead atoms. The molecule has 1 aliphatic rings. The highest BCUT2D eigenvalue weighted by Crippen LogP contribution is 2.13. The molecule has 0 spiro atoms. The van der Waals surface area contributed by atoms with E-state index in [9.17, 15) is 9.90 Å². The predicted octanol–water partition coefficient (Wildman–Crippen LogP) is 2.58. The van der Waals surface area contributed by atoms with Crippen LogP contribution in [0.2, 0.25) is 0 Å². The lowest BCUT2D eigenvalue weighted by Crippen LogP contribution is -2.40. The van der Waals surface area contributed by atoms with Gasteiger partial charge in [-0.25, -0.2) is 4.99 Å². The molecule has 2 rings (SSSR count). The Kier molecular flexibility index (Phi) is 9.81. The van der Waals surface area contributed by atoms with Gasteiger partial charge in [0.15, 0.2) is 5.96 Å². The van der Waals surface area contributed by atoms with Crippen molar-refractivity contribution in [1.82, 2.24) is 10.2 Å². The average molecular weight is 460 g/mol. The van der Waals surface area contributed by atoms with E-state index in [0.717, 1.165) is 43.1 Å². The zero-order valence-corrected chi connectivity index (χ0v) is 17.3. The summed E-state index contributed by atoms with van der Waals surface area (Å²) in [5.74, 6) is 0.889. The average Bonchev–Trinajstić information content (AvgIpc) is 2.99. The van der Waals surface area contributed by atoms with Crippen LogP contribution in [0.1, 0.15) is 38.7 Å². The summed E-state index contributed by atoms with van der Waals surface area (Å²) in [4.78, 5) is 18.3. The second-order valence-electron chi connectivity index (χ2n) is 6.05. The molecular formula is C18H29IN4O2. The van der Waals surface area contributed by atoms with E-state index in [2.05, 4.69) is 20.5 Å². The fraction of sp³-hybridized carbons (Fsp3) is 0.556. The molecular weight excluding hydrogens is 431 g/mol. The SMILES string of the molecule is CCCC(=O)Nc1ccc(CN=C(NCC)N2CC[C@@H](O)C2)cc1.I. The van der Waals surface area contributed by atoms with Crippen molar-refractivity contribution >= 4 is 41.5 Å². The van der Waals surface area contributed by atoms with Crippen molar-refractivity contribution in [1.29, 1.82) is 0 Å². The first-order chi connectivity index (χ1) is 11.6. The molecule has 0 aromatic heterocycles. The molecule has 0 unspecified atom stereocenters. The molecule has 25 heavy (non-hydrogen) atoms. The number of nitrogens with zero attached hydrogens (tertiary/aromatic N) is 2. The fourth-order valence-corrected chi connectivity index (χ4v) is 2.67. The van der Waals surface area contributed by atoms with Crippen LogP contribution in [0.4, 0.5) is 5.69 Å². The Morgan fingerprint density at radius 3 is 2.60 bits per heavy atom. The molecule has 3 N–H and O–H groups in total. The van der Waals surface area contributed by atoms with Gasteiger partial charge in [-0.1, -0.05) is 19.1 Å². The van der Waals surface area contributed by atoms with Gasteiger partial charge < -0.3 is 20.6 Å². The van der Waals surface area contributed by atoms with Crippen LogP contribution in [-0.2, 0) is 11.3 Å². The van der Waals surface area contributed by atoms with Gasteiger partial charge in [0.05, 0.1) is 12.6 Å². The Bertz CT molecular complexity index is 563. The van der Waals surface area contributed by atoms with Crippen molar-refractivity contribution in [2.24, 2.45) is 4.99 Å². The lowest BCUT2D eigenvalue weighted by molar-refractivity contribution is -0.116. The van der Waals surface area contributed by atoms with Crippen molar-refractivity contribution in [3.63, 3.8) is 0 Å². The Morgan fingerprint density at radius 2 is 2.04 bits per heavy atom. The van der Waals surface area contributed by atoms with E-state index >= 15 is 0 Å². The second-order valence-corrected chi connectivity index (χ2v) is 6.05. The predicted molar refractivity (Wildman–Crippen MR) is 112 cm³/mol. The minimum absolute atomic E-state index is 0. The standard InChI is InChI=1S/C18H28N4O2.HI/c1-3-5-17(24)21-15-8-6-14(7-9-15)12-20-18(19-4-2)22-11-10-16(23)13-22;/h6-9,16,23H,3-5,10-13H2,1-2H3,(H,19,20)(H,21,24);1H/t16-;/m1./s1. The molecule has 1 fully saturated rings. The van der Waals surface area contributed by atoms with E-state index in [-0.39, 0.29) is 36.0 Å². The number of nitrogens with one attached hydrogen (secondary N) is 2. The van der Waals surface area contributed by atoms with Gasteiger partial charge in [-0.2, -0.15) is 0 Å². The number of aliphatic imine (C=N–C) groups is 1. The third kappa shape index (κ3) is 7.19. The minimum Gasteiger partial charge on any atom is -0.391 e. The van der Waals surface area contributed by atoms with E-state index in [4.69, 9.17) is 0 Å². The zero-order valence-electron chi connectivity index (χ0n) is 15.0. The topological polar surface area (TPSA) is 77.0 Å². The number of aliphatic hydroxyl groups excluding tert-OH is 1. The molecule has 0 aliphatic carbocycles. The third-order valence-electron chi connectivity index (χ3n) is 3.92. The largest absolute Gasteiger partial charge is 0.391 e. The molecule has 0 radical (unpaired) electrons. The molecule has 0 saturated carbocycles. The summed E-state index contributed by atoms with van der Waals surface area (Å²) in [7, 11) is 0. The number of likely N-dealkylation sites (tertiary alicyclic amines) is 1. The van der Waals surface area contributed by atoms with Crippen LogP contribution >= 0.6 is 24.0 Å². The first-order valence-electron chi connectivity index (χ1n) is 8.72. The molecule has 7 heteroatoms. The Morgan fingerprint density at radius 1 is 1.32 bits per heavy atom. The van der Waals surface area contributed by atoms with E-state index in [1.165, 1.54) is 0 Å². The first-order valence-corrected chi connectivity index (χ1v) is 8.72. The van der Waals surface area contributed by atoms with E-state index < -0.39 is 0 Å². The molecule has 1 atom stereocenters. The molecule has 1 amide bonds. The first kappa shape index (κ1) is 21.7. The lowest BCUT2D eigenvalue weighted by Gasteiger charge is -2.20. The zero-order chi connectivity index (χ0) is 17.4. The fourth-order valence-electron chi connectivity index (χ4n) is 2.67. The summed E-state index contributed by atoms with van der Waals surface area (Å²) in [6, 6.07) is 7.77. The smallest absolute Gasteiger partial charge is 0.224 e. The monoisotopic (exact) mass is 460 g/mol. The summed E-state index contributed by atoms with van der Waals surface area (Å²) >= 11 is 0. The van der Waals surface area contributed by atoms with Gasteiger partial charge in [0.2, 0.25) is 5.91 Å². The Hall–Kier alpha value is -1.35. The maximum atomic E-state index is 11.6. The number of anilines is 1. The molecule has 1 heterocycles. The van der Waals surface area contributed by atoms with Crippen molar-refractivity contribution in [3.05, 3.63) is 29.8 Å². The van der Waals surface area contributed by atoms with Crippen LogP contribution in [0.5, 0.6) is 0 Å². The molecule has 1 aliphatic heterocycles. The number of halogens is 1. The van der Waals surface area contributed by atoms with Crippen molar-refractivity contribution in [2.75, 3.05) is 25.0 Å². The van der Waals surface area contributed by atoms with Crippen LogP contribution in [-0.4, -0.2) is 47.6 Å². The molecule has 140 valence electrons. The number of amides is 1. The highest BCUT2D eigenvalue weighted by Gasteiger charge is 2.22. The van der Waals surface area contributed by atoms with Crippen molar-refractivity contribution < 1.29 is 9.90 Å². The van der Waals surface area contributed by atoms with Gasteiger partial charge in [0, 0.05) is 31.7 Å². The summed E-state index contributed by atoms with van der Waals surface area (Å²) in [6.45, 7) is 6.85. The summed E-state index contributed by atoms with van der Waals surface area (Å²) in [6.07, 6.45) is 1.91. The number of rotatable bonds is 6. The molecule has 1 saturated heterocycles. The van der Waals surface area contributed by atoms with Gasteiger partial charge in [0.25, 0.3) is 0 Å². The number of carbonyl (C=O) groups is 1. The van der Waals surface area contributed by atoms with Gasteiger partial charge in [-0.15, -0.1) is 24.0 Å². The number of guanidine groups is 1. The number of benzene rings is 1. The summed E-state index contributed by atoms with van der Waals surface area (Å²) in [5.41, 5.74) is 1.90. The maximum absolute atomic E-state index is 11.6. The highest BCUT2D eigenvalue weighted by atomic mass is 127. The van der Waals surface area contributed by atoms with Crippen LogP contribution in [0, 0.1) is 0 Å². The highest BCUT2D eigenvalue weighted by molar-refractivity contribution is 14.0. The van der Waals surface area contributed by atoms with Crippen LogP contribution in [0.25, 0.3) is 0 Å². The quantitative estimate of drug-likeness (QED) is 0.347. The van der Waals surface area contributed by atoms with Gasteiger partial charge in [-0.05, 0) is 37.5 Å². The summed E-state index contributed by atoms with van der Waals surface area (Å²) in [5, 5.41) is 15.8. The number of β-amino-alcohol motifs (C(OH)–C–C–N with tert-alkyl or cyclic N) is 1. The van der Waals surface area contributed by atoms with E-state index in [1.807, 2.05) is 38.1 Å². The molecule has 1 aromatic rings. The second kappa shape index (κ2) is 11.3. The van der Waals surface area contributed by atoms with Crippen molar-refractivity contribution in [2.45, 2.75) is 45.8 Å². The normalized spacial score (nSPS) is 17.2. The maximum Gasteiger partial charge on any atom is 0.224 e. The third-order valence-corrected chi connectivity index (χ3v) is 3.92. The van der Waals surface area contributed by atoms with Gasteiger partial charge in [-0.3, -0.25) is 4.79 Å². The van der Waals surface area contributed by atoms with Crippen LogP contribution in [0.3, 0.4) is 0 Å². The number of hydrogen-bond acceptors (Lipinski definition) is 3. The Labute approximate surface area is 167 Å². The minimum atomic E-state index is -0.264. The molecule has 6 nitrogen and oxygen atoms in total. The van der Waals surface area contributed by atoms with Crippen molar-refractivity contribution in [3.8, 4) is 0 Å². The number of hydrogen-bond donors (Lipinski definition) is 3. The van der Waals surface area contributed by atoms with Crippen LogP contribution in [0.15, 0.2) is 29.3 Å². The summed E-state index contributed by atoms with van der Waals surface area (Å²) < 4.78 is 0. The van der Waals surface area contributed by atoms with E-state index in [1.54, 1.807) is 0 Å². The van der Waals surface area contributed by atoms with Gasteiger partial charge >= 0.3 is 0 Å². The Balaban J connectivity index is 0.00000312.